The smallest absolute Gasteiger partial charge is 0.239 e. The molecule has 1 aliphatic heterocycles. The van der Waals surface area contributed by atoms with Gasteiger partial charge in [-0.15, -0.1) is 11.8 Å². The monoisotopic (exact) mass is 354 g/mol. The van der Waals surface area contributed by atoms with Crippen molar-refractivity contribution in [2.75, 3.05) is 24.2 Å². The van der Waals surface area contributed by atoms with Crippen LogP contribution in [0.2, 0.25) is 0 Å². The SMILES string of the molecule is CSc1ccc(CCNC(=O)[C@H]2CCN(c3ccccc3)C2=O)cc1. The van der Waals surface area contributed by atoms with Gasteiger partial charge < -0.3 is 10.2 Å². The molecule has 1 saturated heterocycles. The Kier molecular flexibility index (Phi) is 5.76. The number of para-hydroxylation sites is 1. The molecule has 0 radical (unpaired) electrons. The van der Waals surface area contributed by atoms with E-state index in [9.17, 15) is 9.59 Å². The molecule has 0 bridgehead atoms. The highest BCUT2D eigenvalue weighted by Gasteiger charge is 2.37. The lowest BCUT2D eigenvalue weighted by atomic mass is 10.1. The molecule has 0 aromatic heterocycles. The maximum Gasteiger partial charge on any atom is 0.239 e. The lowest BCUT2D eigenvalue weighted by Gasteiger charge is -2.16. The van der Waals surface area contributed by atoms with E-state index in [2.05, 4.69) is 29.6 Å². The molecule has 4 nitrogen and oxygen atoms in total. The van der Waals surface area contributed by atoms with E-state index in [1.165, 1.54) is 10.5 Å². The number of hydrogen-bond acceptors (Lipinski definition) is 3. The first kappa shape index (κ1) is 17.5. The molecule has 2 aromatic rings. The van der Waals surface area contributed by atoms with Crippen LogP contribution in [-0.2, 0) is 16.0 Å². The molecule has 25 heavy (non-hydrogen) atoms. The number of nitrogens with one attached hydrogen (secondary N) is 1. The molecule has 1 N–H and O–H groups in total. The second-order valence-corrected chi connectivity index (χ2v) is 6.94. The second kappa shape index (κ2) is 8.21. The Morgan fingerprint density at radius 2 is 1.88 bits per heavy atom. The van der Waals surface area contributed by atoms with Crippen LogP contribution in [0.4, 0.5) is 5.69 Å². The summed E-state index contributed by atoms with van der Waals surface area (Å²) in [5.74, 6) is -0.837. The zero-order valence-electron chi connectivity index (χ0n) is 14.3. The van der Waals surface area contributed by atoms with Crippen molar-refractivity contribution in [1.29, 1.82) is 0 Å². The van der Waals surface area contributed by atoms with Crippen LogP contribution in [0.15, 0.2) is 59.5 Å². The van der Waals surface area contributed by atoms with E-state index in [1.807, 2.05) is 36.6 Å². The maximum atomic E-state index is 12.5. The first-order chi connectivity index (χ1) is 12.2. The number of carbonyl (C=O) groups excluding carboxylic acids is 2. The minimum absolute atomic E-state index is 0.104. The van der Waals surface area contributed by atoms with Crippen LogP contribution < -0.4 is 10.2 Å². The van der Waals surface area contributed by atoms with Gasteiger partial charge in [-0.25, -0.2) is 0 Å². The number of amides is 2. The van der Waals surface area contributed by atoms with Gasteiger partial charge in [0.1, 0.15) is 5.92 Å². The normalized spacial score (nSPS) is 16.9. The Balaban J connectivity index is 1.51. The van der Waals surface area contributed by atoms with Crippen LogP contribution in [0.1, 0.15) is 12.0 Å². The lowest BCUT2D eigenvalue weighted by molar-refractivity contribution is -0.132. The highest BCUT2D eigenvalue weighted by atomic mass is 32.2. The third kappa shape index (κ3) is 4.23. The third-order valence-electron chi connectivity index (χ3n) is 4.46. The Labute approximate surface area is 152 Å². The largest absolute Gasteiger partial charge is 0.355 e. The van der Waals surface area contributed by atoms with Crippen molar-refractivity contribution in [2.24, 2.45) is 5.92 Å². The van der Waals surface area contributed by atoms with Gasteiger partial charge in [0.15, 0.2) is 0 Å². The van der Waals surface area contributed by atoms with Crippen molar-refractivity contribution in [3.8, 4) is 0 Å². The summed E-state index contributed by atoms with van der Waals surface area (Å²) in [5.41, 5.74) is 2.04. The first-order valence-corrected chi connectivity index (χ1v) is 9.68. The van der Waals surface area contributed by atoms with Gasteiger partial charge in [0, 0.05) is 23.7 Å². The van der Waals surface area contributed by atoms with Crippen LogP contribution in [0, 0.1) is 5.92 Å². The van der Waals surface area contributed by atoms with Gasteiger partial charge >= 0.3 is 0 Å². The van der Waals surface area contributed by atoms with Crippen molar-refractivity contribution < 1.29 is 9.59 Å². The molecule has 0 unspecified atom stereocenters. The zero-order valence-corrected chi connectivity index (χ0v) is 15.1. The van der Waals surface area contributed by atoms with Crippen LogP contribution >= 0.6 is 11.8 Å². The van der Waals surface area contributed by atoms with E-state index in [4.69, 9.17) is 0 Å². The van der Waals surface area contributed by atoms with Gasteiger partial charge in [-0.1, -0.05) is 30.3 Å². The fourth-order valence-corrected chi connectivity index (χ4v) is 3.44. The minimum Gasteiger partial charge on any atom is -0.355 e. The standard InChI is InChI=1S/C20H22N2O2S/c1-25-17-9-7-15(8-10-17)11-13-21-19(23)18-12-14-22(20(18)24)16-5-3-2-4-6-16/h2-10,18H,11-14H2,1H3,(H,21,23)/t18-/m1/s1. The predicted molar refractivity (Wildman–Crippen MR) is 102 cm³/mol. The van der Waals surface area contributed by atoms with Crippen LogP contribution in [0.25, 0.3) is 0 Å². The minimum atomic E-state index is -0.570. The predicted octanol–water partition coefficient (Wildman–Crippen LogP) is 3.12. The van der Waals surface area contributed by atoms with Crippen molar-refractivity contribution in [1.82, 2.24) is 5.32 Å². The van der Waals surface area contributed by atoms with Gasteiger partial charge in [-0.05, 0) is 48.9 Å². The highest BCUT2D eigenvalue weighted by molar-refractivity contribution is 7.98. The molecule has 1 aliphatic rings. The fourth-order valence-electron chi connectivity index (χ4n) is 3.03. The van der Waals surface area contributed by atoms with Crippen molar-refractivity contribution in [3.05, 3.63) is 60.2 Å². The molecule has 1 fully saturated rings. The van der Waals surface area contributed by atoms with Crippen molar-refractivity contribution >= 4 is 29.3 Å². The molecule has 0 aliphatic carbocycles. The van der Waals surface area contributed by atoms with E-state index in [1.54, 1.807) is 16.7 Å². The third-order valence-corrected chi connectivity index (χ3v) is 5.21. The number of hydrogen-bond donors (Lipinski definition) is 1. The van der Waals surface area contributed by atoms with Gasteiger partial charge in [0.2, 0.25) is 11.8 Å². The first-order valence-electron chi connectivity index (χ1n) is 8.46. The zero-order chi connectivity index (χ0) is 17.6. The summed E-state index contributed by atoms with van der Waals surface area (Å²) in [5, 5.41) is 2.91. The average Bonchev–Trinajstić information content (AvgIpc) is 3.04. The van der Waals surface area contributed by atoms with Gasteiger partial charge in [-0.2, -0.15) is 0 Å². The topological polar surface area (TPSA) is 49.4 Å². The van der Waals surface area contributed by atoms with Gasteiger partial charge in [0.05, 0.1) is 0 Å². The fraction of sp³-hybridized carbons (Fsp3) is 0.300. The van der Waals surface area contributed by atoms with E-state index in [0.717, 1.165) is 12.1 Å². The number of carbonyl (C=O) groups is 2. The Morgan fingerprint density at radius 3 is 2.56 bits per heavy atom. The summed E-state index contributed by atoms with van der Waals surface area (Å²) in [7, 11) is 0. The van der Waals surface area contributed by atoms with E-state index in [-0.39, 0.29) is 11.8 Å². The van der Waals surface area contributed by atoms with Crippen molar-refractivity contribution in [3.63, 3.8) is 0 Å². The molecular weight excluding hydrogens is 332 g/mol. The summed E-state index contributed by atoms with van der Waals surface area (Å²) in [6.07, 6.45) is 3.39. The summed E-state index contributed by atoms with van der Waals surface area (Å²) in [6, 6.07) is 17.8. The number of thioether (sulfide) groups is 1. The van der Waals surface area contributed by atoms with E-state index < -0.39 is 5.92 Å². The van der Waals surface area contributed by atoms with Gasteiger partial charge in [0.25, 0.3) is 0 Å². The summed E-state index contributed by atoms with van der Waals surface area (Å²) >= 11 is 1.71. The van der Waals surface area contributed by atoms with E-state index >= 15 is 0 Å². The summed E-state index contributed by atoms with van der Waals surface area (Å²) < 4.78 is 0. The summed E-state index contributed by atoms with van der Waals surface area (Å²) in [6.45, 7) is 1.14. The number of anilines is 1. The molecule has 1 heterocycles. The summed E-state index contributed by atoms with van der Waals surface area (Å²) in [4.78, 5) is 27.8. The average molecular weight is 354 g/mol. The molecule has 130 valence electrons. The molecule has 5 heteroatoms. The van der Waals surface area contributed by atoms with Crippen molar-refractivity contribution in [2.45, 2.75) is 17.7 Å². The number of rotatable bonds is 6. The molecular formula is C20H22N2O2S. The Morgan fingerprint density at radius 1 is 1.16 bits per heavy atom. The number of nitrogens with zero attached hydrogens (tertiary/aromatic N) is 1. The molecule has 1 atom stereocenters. The molecule has 2 aromatic carbocycles. The Bertz CT molecular complexity index is 731. The lowest BCUT2D eigenvalue weighted by Crippen LogP contribution is -2.37. The number of benzene rings is 2. The highest BCUT2D eigenvalue weighted by Crippen LogP contribution is 2.25. The van der Waals surface area contributed by atoms with Crippen LogP contribution in [-0.4, -0.2) is 31.2 Å². The van der Waals surface area contributed by atoms with Crippen LogP contribution in [0.3, 0.4) is 0 Å². The molecule has 3 rings (SSSR count). The molecule has 2 amide bonds. The van der Waals surface area contributed by atoms with Gasteiger partial charge in [-0.3, -0.25) is 9.59 Å². The Hall–Kier alpha value is -2.27. The second-order valence-electron chi connectivity index (χ2n) is 6.06. The molecule has 0 spiro atoms. The maximum absolute atomic E-state index is 12.5. The van der Waals surface area contributed by atoms with Crippen LogP contribution in [0.5, 0.6) is 0 Å². The quantitative estimate of drug-likeness (QED) is 0.640. The molecule has 0 saturated carbocycles. The van der Waals surface area contributed by atoms with E-state index in [0.29, 0.717) is 19.5 Å².